The standard InChI is InChI=1S/C26H38/c1-3-8-19-15-25-21(12-17(19)6-1)14-22-13-18-7-2-4-9-20(18)16-26(22)24-11-5-10-23(24)25/h10-11,17-22,25-26H,1-9,12-16H2. The first-order chi connectivity index (χ1) is 12.9. The molecule has 5 fully saturated rings. The molecule has 0 aromatic rings. The van der Waals surface area contributed by atoms with Crippen molar-refractivity contribution in [3.63, 3.8) is 0 Å². The van der Waals surface area contributed by atoms with Crippen LogP contribution in [0, 0.1) is 47.3 Å². The normalized spacial score (nSPS) is 50.2. The van der Waals surface area contributed by atoms with Crippen molar-refractivity contribution in [2.75, 3.05) is 0 Å². The van der Waals surface area contributed by atoms with Crippen LogP contribution in [-0.4, -0.2) is 0 Å². The van der Waals surface area contributed by atoms with Crippen LogP contribution in [0.25, 0.3) is 0 Å². The summed E-state index contributed by atoms with van der Waals surface area (Å²) in [6.45, 7) is 0. The molecule has 6 rings (SSSR count). The lowest BCUT2D eigenvalue weighted by molar-refractivity contribution is 0.0540. The van der Waals surface area contributed by atoms with Gasteiger partial charge in [-0.15, -0.1) is 0 Å². The van der Waals surface area contributed by atoms with Gasteiger partial charge in [-0.2, -0.15) is 0 Å². The van der Waals surface area contributed by atoms with Crippen LogP contribution in [-0.2, 0) is 0 Å². The van der Waals surface area contributed by atoms with Gasteiger partial charge in [-0.3, -0.25) is 0 Å². The first kappa shape index (κ1) is 16.4. The van der Waals surface area contributed by atoms with Crippen molar-refractivity contribution in [2.24, 2.45) is 47.3 Å². The van der Waals surface area contributed by atoms with Gasteiger partial charge in [-0.1, -0.05) is 63.5 Å². The van der Waals surface area contributed by atoms with Gasteiger partial charge in [-0.05, 0) is 97.0 Å². The zero-order valence-corrected chi connectivity index (χ0v) is 16.7. The fourth-order valence-electron chi connectivity index (χ4n) is 8.90. The second-order valence-corrected chi connectivity index (χ2v) is 11.1. The van der Waals surface area contributed by atoms with E-state index in [1.54, 1.807) is 57.8 Å². The molecule has 0 N–H and O–H groups in total. The fourth-order valence-corrected chi connectivity index (χ4v) is 8.90. The van der Waals surface area contributed by atoms with Gasteiger partial charge in [0.15, 0.2) is 0 Å². The molecule has 0 radical (unpaired) electrons. The molecule has 0 nitrogen and oxygen atoms in total. The molecule has 0 amide bonds. The van der Waals surface area contributed by atoms with Crippen molar-refractivity contribution in [3.05, 3.63) is 23.3 Å². The predicted octanol–water partition coefficient (Wildman–Crippen LogP) is 7.31. The third-order valence-corrected chi connectivity index (χ3v) is 10.0. The molecule has 0 bridgehead atoms. The van der Waals surface area contributed by atoms with E-state index in [0.717, 1.165) is 47.3 Å². The van der Waals surface area contributed by atoms with E-state index in [9.17, 15) is 0 Å². The molecule has 8 atom stereocenters. The topological polar surface area (TPSA) is 0 Å². The maximum absolute atomic E-state index is 2.69. The third kappa shape index (κ3) is 2.61. The Hall–Kier alpha value is -0.520. The molecular weight excluding hydrogens is 312 g/mol. The Morgan fingerprint density at radius 2 is 0.846 bits per heavy atom. The van der Waals surface area contributed by atoms with Crippen LogP contribution >= 0.6 is 0 Å². The highest BCUT2D eigenvalue weighted by Crippen LogP contribution is 2.59. The number of allylic oxidation sites excluding steroid dienone is 4. The highest BCUT2D eigenvalue weighted by Gasteiger charge is 2.48. The summed E-state index contributed by atoms with van der Waals surface area (Å²) >= 11 is 0. The average Bonchev–Trinajstić information content (AvgIpc) is 3.12. The summed E-state index contributed by atoms with van der Waals surface area (Å²) in [6, 6.07) is 0. The highest BCUT2D eigenvalue weighted by molar-refractivity contribution is 5.43. The maximum atomic E-state index is 2.69. The van der Waals surface area contributed by atoms with E-state index in [2.05, 4.69) is 12.2 Å². The number of rotatable bonds is 0. The molecule has 6 aliphatic rings. The Labute approximate surface area is 160 Å². The van der Waals surface area contributed by atoms with E-state index in [4.69, 9.17) is 0 Å². The highest BCUT2D eigenvalue weighted by atomic mass is 14.5. The molecule has 0 aromatic heterocycles. The van der Waals surface area contributed by atoms with Gasteiger partial charge in [-0.25, -0.2) is 0 Å². The van der Waals surface area contributed by atoms with Crippen molar-refractivity contribution < 1.29 is 0 Å². The van der Waals surface area contributed by atoms with Crippen LogP contribution in [0.15, 0.2) is 23.3 Å². The number of hydrogen-bond donors (Lipinski definition) is 0. The van der Waals surface area contributed by atoms with E-state index in [1.807, 2.05) is 11.1 Å². The molecule has 6 aliphatic carbocycles. The summed E-state index contributed by atoms with van der Waals surface area (Å²) in [5, 5.41) is 0. The molecular formula is C26H38. The minimum atomic E-state index is 0.954. The molecule has 0 heteroatoms. The average molecular weight is 351 g/mol. The summed E-state index contributed by atoms with van der Waals surface area (Å²) in [7, 11) is 0. The first-order valence-electron chi connectivity index (χ1n) is 12.3. The van der Waals surface area contributed by atoms with Gasteiger partial charge in [0.1, 0.15) is 0 Å². The minimum Gasteiger partial charge on any atom is -0.0769 e. The van der Waals surface area contributed by atoms with Gasteiger partial charge >= 0.3 is 0 Å². The maximum Gasteiger partial charge on any atom is -0.0131 e. The van der Waals surface area contributed by atoms with Gasteiger partial charge in [0.05, 0.1) is 0 Å². The van der Waals surface area contributed by atoms with Crippen LogP contribution in [0.2, 0.25) is 0 Å². The molecule has 0 aliphatic heterocycles. The lowest BCUT2D eigenvalue weighted by atomic mass is 9.59. The molecule has 26 heavy (non-hydrogen) atoms. The Bertz CT molecular complexity index is 558. The molecule has 0 aromatic carbocycles. The van der Waals surface area contributed by atoms with Crippen molar-refractivity contribution >= 4 is 0 Å². The molecule has 5 saturated carbocycles. The Kier molecular flexibility index (Phi) is 4.12. The Morgan fingerprint density at radius 3 is 1.31 bits per heavy atom. The third-order valence-electron chi connectivity index (χ3n) is 10.0. The van der Waals surface area contributed by atoms with Crippen molar-refractivity contribution in [2.45, 2.75) is 89.9 Å². The van der Waals surface area contributed by atoms with E-state index >= 15 is 0 Å². The van der Waals surface area contributed by atoms with E-state index < -0.39 is 0 Å². The molecule has 0 heterocycles. The van der Waals surface area contributed by atoms with Gasteiger partial charge in [0.25, 0.3) is 0 Å². The molecule has 8 unspecified atom stereocenters. The summed E-state index contributed by atoms with van der Waals surface area (Å²) in [5.41, 5.74) is 3.78. The monoisotopic (exact) mass is 350 g/mol. The molecule has 0 saturated heterocycles. The van der Waals surface area contributed by atoms with Crippen molar-refractivity contribution in [3.8, 4) is 0 Å². The summed E-state index contributed by atoms with van der Waals surface area (Å²) in [5.74, 6) is 8.34. The largest absolute Gasteiger partial charge is 0.0769 e. The second kappa shape index (κ2) is 6.52. The predicted molar refractivity (Wildman–Crippen MR) is 109 cm³/mol. The Morgan fingerprint density at radius 1 is 0.462 bits per heavy atom. The quantitative estimate of drug-likeness (QED) is 0.429. The van der Waals surface area contributed by atoms with Crippen molar-refractivity contribution in [1.29, 1.82) is 0 Å². The molecule has 0 spiro atoms. The number of fused-ring (bicyclic) bond motifs is 7. The van der Waals surface area contributed by atoms with Gasteiger partial charge in [0.2, 0.25) is 0 Å². The SMILES string of the molecule is C1=C2C(=CC1)C1CC3CCCCC3CC1CC1CC3CCCCC3CC21. The van der Waals surface area contributed by atoms with Gasteiger partial charge < -0.3 is 0 Å². The van der Waals surface area contributed by atoms with Crippen LogP contribution in [0.5, 0.6) is 0 Å². The van der Waals surface area contributed by atoms with Crippen molar-refractivity contribution in [1.82, 2.24) is 0 Å². The van der Waals surface area contributed by atoms with Crippen LogP contribution < -0.4 is 0 Å². The summed E-state index contributed by atoms with van der Waals surface area (Å²) < 4.78 is 0. The lowest BCUT2D eigenvalue weighted by Gasteiger charge is -2.46. The van der Waals surface area contributed by atoms with Crippen LogP contribution in [0.3, 0.4) is 0 Å². The lowest BCUT2D eigenvalue weighted by Crippen LogP contribution is -2.36. The van der Waals surface area contributed by atoms with Crippen LogP contribution in [0.4, 0.5) is 0 Å². The van der Waals surface area contributed by atoms with Gasteiger partial charge in [0, 0.05) is 0 Å². The van der Waals surface area contributed by atoms with E-state index in [1.165, 1.54) is 32.1 Å². The number of hydrogen-bond acceptors (Lipinski definition) is 0. The zero-order valence-electron chi connectivity index (χ0n) is 16.7. The second-order valence-electron chi connectivity index (χ2n) is 11.1. The Balaban J connectivity index is 1.32. The van der Waals surface area contributed by atoms with Crippen LogP contribution in [0.1, 0.15) is 89.9 Å². The fraction of sp³-hybridized carbons (Fsp3) is 0.846. The smallest absolute Gasteiger partial charge is 0.0131 e. The van der Waals surface area contributed by atoms with E-state index in [-0.39, 0.29) is 0 Å². The first-order valence-corrected chi connectivity index (χ1v) is 12.3. The zero-order chi connectivity index (χ0) is 17.1. The summed E-state index contributed by atoms with van der Waals surface area (Å²) in [4.78, 5) is 0. The minimum absolute atomic E-state index is 0.954. The summed E-state index contributed by atoms with van der Waals surface area (Å²) in [6.07, 6.45) is 26.9. The van der Waals surface area contributed by atoms with E-state index in [0.29, 0.717) is 0 Å². The molecule has 142 valence electrons.